The molecule has 14 N–H and O–H groups in total. The monoisotopic (exact) mass is 674 g/mol. The first-order valence-electron chi connectivity index (χ1n) is 13.3. The van der Waals surface area contributed by atoms with Crippen LogP contribution in [-0.2, 0) is 32.2 Å². The molecule has 0 aromatic heterocycles. The van der Waals surface area contributed by atoms with E-state index < -0.39 is 95.0 Å². The number of nitrogens with zero attached hydrogens (tertiary/aromatic N) is 2. The van der Waals surface area contributed by atoms with E-state index >= 15 is 4.39 Å². The van der Waals surface area contributed by atoms with E-state index in [1.54, 1.807) is 6.92 Å². The van der Waals surface area contributed by atoms with Gasteiger partial charge in [-0.2, -0.15) is 4.90 Å². The fourth-order valence-electron chi connectivity index (χ4n) is 4.97. The third-order valence-electron chi connectivity index (χ3n) is 7.61. The van der Waals surface area contributed by atoms with Crippen LogP contribution >= 0.6 is 0 Å². The number of hydrogen-bond acceptors (Lipinski definition) is 18. The number of rotatable bonds is 7. The van der Waals surface area contributed by atoms with Gasteiger partial charge in [0.1, 0.15) is 5.82 Å². The second-order valence-corrected chi connectivity index (χ2v) is 10.8. The molecule has 47 heavy (non-hydrogen) atoms. The van der Waals surface area contributed by atoms with E-state index in [1.807, 2.05) is 0 Å². The summed E-state index contributed by atoms with van der Waals surface area (Å²) < 4.78 is 19.3. The Balaban J connectivity index is 1.60. The van der Waals surface area contributed by atoms with Crippen LogP contribution in [0.15, 0.2) is 53.8 Å². The van der Waals surface area contributed by atoms with E-state index in [1.165, 1.54) is 35.7 Å². The summed E-state index contributed by atoms with van der Waals surface area (Å²) in [5, 5.41) is 125. The van der Waals surface area contributed by atoms with Gasteiger partial charge in [0.2, 0.25) is 0 Å². The van der Waals surface area contributed by atoms with E-state index in [9.17, 15) is 75.7 Å². The van der Waals surface area contributed by atoms with Gasteiger partial charge in [-0.1, -0.05) is 30.4 Å². The lowest BCUT2D eigenvalue weighted by atomic mass is 9.90. The number of aliphatic hydroxyl groups is 12. The van der Waals surface area contributed by atoms with Crippen molar-refractivity contribution in [3.05, 3.63) is 70.7 Å². The summed E-state index contributed by atoms with van der Waals surface area (Å²) in [5.74, 6) is -30.0. The average molecular weight is 675 g/mol. The smallest absolute Gasteiger partial charge is 0.356 e. The van der Waals surface area contributed by atoms with Gasteiger partial charge in [-0.05, 0) is 18.6 Å². The Labute approximate surface area is 262 Å². The number of likely N-dealkylation sites (tertiary alicyclic amines) is 1. The molecule has 0 spiro atoms. The normalized spacial score (nSPS) is 27.9. The number of carbonyl (C=O) groups is 3. The molecule has 3 fully saturated rings. The highest BCUT2D eigenvalue weighted by atomic mass is 19.1. The van der Waals surface area contributed by atoms with E-state index in [0.717, 1.165) is 12.3 Å². The molecule has 3 amide bonds. The molecule has 1 aromatic carbocycles. The van der Waals surface area contributed by atoms with Gasteiger partial charge in [-0.25, -0.2) is 4.39 Å². The molecular formula is C26H31FN4O16. The van der Waals surface area contributed by atoms with Gasteiger partial charge in [0.15, 0.2) is 6.04 Å². The maximum absolute atomic E-state index is 15.5. The van der Waals surface area contributed by atoms with Gasteiger partial charge in [-0.15, -0.1) is 0 Å². The predicted octanol–water partition coefficient (Wildman–Crippen LogP) is -7.08. The lowest BCUT2D eigenvalue weighted by molar-refractivity contribution is -0.659. The van der Waals surface area contributed by atoms with Crippen molar-refractivity contribution in [1.82, 2.24) is 20.4 Å². The molecule has 0 aliphatic carbocycles. The highest BCUT2D eigenvalue weighted by molar-refractivity contribution is 6.09. The van der Waals surface area contributed by atoms with E-state index in [4.69, 9.17) is 0 Å². The first kappa shape index (κ1) is 36.1. The summed E-state index contributed by atoms with van der Waals surface area (Å²) in [6.45, 7) is -0.712. The number of imide groups is 1. The van der Waals surface area contributed by atoms with Gasteiger partial charge in [0.05, 0.1) is 0 Å². The molecule has 1 unspecified atom stereocenters. The Morgan fingerprint density at radius 3 is 2.11 bits per heavy atom. The number of amides is 3. The minimum absolute atomic E-state index is 0.0557. The van der Waals surface area contributed by atoms with Crippen LogP contribution < -0.4 is 10.6 Å². The topological polar surface area (TPSA) is 334 Å². The molecule has 3 aliphatic heterocycles. The molecule has 3 saturated heterocycles. The highest BCUT2D eigenvalue weighted by Crippen LogP contribution is 2.42. The summed E-state index contributed by atoms with van der Waals surface area (Å²) >= 11 is 0. The zero-order valence-electron chi connectivity index (χ0n) is 24.0. The van der Waals surface area contributed by atoms with Gasteiger partial charge < -0.3 is 71.5 Å². The molecular weight excluding hydrogens is 643 g/mol. The van der Waals surface area contributed by atoms with Crippen molar-refractivity contribution in [2.75, 3.05) is 6.54 Å². The molecule has 258 valence electrons. The minimum atomic E-state index is -4.24. The lowest BCUT2D eigenvalue weighted by Gasteiger charge is -2.55. The predicted molar refractivity (Wildman–Crippen MR) is 143 cm³/mol. The van der Waals surface area contributed by atoms with Crippen LogP contribution in [0.5, 0.6) is 0 Å². The Morgan fingerprint density at radius 2 is 1.53 bits per heavy atom. The third kappa shape index (κ3) is 5.73. The van der Waals surface area contributed by atoms with Crippen molar-refractivity contribution in [3.8, 4) is 0 Å². The summed E-state index contributed by atoms with van der Waals surface area (Å²) in [6.07, 6.45) is 5.35. The Morgan fingerprint density at radius 1 is 0.957 bits per heavy atom. The summed E-state index contributed by atoms with van der Waals surface area (Å²) in [7, 11) is 0. The van der Waals surface area contributed by atoms with E-state index in [-0.39, 0.29) is 16.7 Å². The maximum atomic E-state index is 15.5. The van der Waals surface area contributed by atoms with Crippen molar-refractivity contribution >= 4 is 17.7 Å². The largest absolute Gasteiger partial charge is 0.386 e. The molecule has 3 heterocycles. The van der Waals surface area contributed by atoms with Crippen LogP contribution in [0.3, 0.4) is 0 Å². The molecule has 1 atom stereocenters. The van der Waals surface area contributed by atoms with Gasteiger partial charge in [-0.3, -0.25) is 24.4 Å². The molecule has 21 heteroatoms. The molecule has 0 saturated carbocycles. The molecule has 0 bridgehead atoms. The minimum Gasteiger partial charge on any atom is -0.386 e. The van der Waals surface area contributed by atoms with Crippen LogP contribution in [0, 0.1) is 5.82 Å². The maximum Gasteiger partial charge on any atom is 0.356 e. The quantitative estimate of drug-likeness (QED) is 0.0725. The molecule has 4 rings (SSSR count). The first-order valence-corrected chi connectivity index (χ1v) is 13.3. The number of ether oxygens (including phenoxy) is 1. The third-order valence-corrected chi connectivity index (χ3v) is 7.61. The first-order chi connectivity index (χ1) is 21.5. The number of allylic oxidation sites excluding steroid dienone is 3. The van der Waals surface area contributed by atoms with Gasteiger partial charge in [0.25, 0.3) is 23.5 Å². The SMILES string of the molecule is C\C=C/C=C1/C(=O)N(C2C(=O)NC(=O)C(O)(O)C2(O)O)C/C1=C\NCc1cccc(CN2C(O)(O)C(O)(O)OC(O)(O)C2(O)O)c1F. The summed E-state index contributed by atoms with van der Waals surface area (Å²) in [4.78, 5) is 37.6. The Bertz CT molecular complexity index is 1540. The van der Waals surface area contributed by atoms with Crippen molar-refractivity contribution < 1.29 is 84.8 Å². The van der Waals surface area contributed by atoms with Crippen molar-refractivity contribution in [3.63, 3.8) is 0 Å². The molecule has 0 radical (unpaired) electrons. The zero-order chi connectivity index (χ0) is 35.5. The molecule has 3 aliphatic rings. The van der Waals surface area contributed by atoms with Gasteiger partial charge in [0, 0.05) is 42.5 Å². The Kier molecular flexibility index (Phi) is 9.00. The van der Waals surface area contributed by atoms with Crippen molar-refractivity contribution in [2.45, 2.75) is 61.4 Å². The number of hydrogen-bond donors (Lipinski definition) is 14. The van der Waals surface area contributed by atoms with Crippen LogP contribution in [-0.4, -0.2) is 137 Å². The second kappa shape index (κ2) is 11.7. The van der Waals surface area contributed by atoms with Crippen LogP contribution in [0.1, 0.15) is 18.1 Å². The number of halogens is 1. The summed E-state index contributed by atoms with van der Waals surface area (Å²) in [5.41, 5.74) is -0.885. The standard InChI is InChI=1S/C26H31FN4O16/c1-2-3-7-15-14(10-30(19(15)33)17-18(32)29-20(34)22(37,38)21(17,35)36)9-28-8-12-5-4-6-13(16(12)27)11-31-23(39,40)25(43,44)47-26(45,46)24(31,41)42/h2-7,9,17,28,35-46H,8,10-11H2,1H3,(H,29,32,34)/b3-2-,14-9+,15-7+. The van der Waals surface area contributed by atoms with Gasteiger partial charge >= 0.3 is 29.6 Å². The fourth-order valence-corrected chi connectivity index (χ4v) is 4.97. The Hall–Kier alpha value is -3.78. The summed E-state index contributed by atoms with van der Waals surface area (Å²) in [6, 6.07) is 0.992. The fraction of sp³-hybridized carbons (Fsp3) is 0.423. The second-order valence-electron chi connectivity index (χ2n) is 10.8. The van der Waals surface area contributed by atoms with Crippen molar-refractivity contribution in [2.24, 2.45) is 0 Å². The van der Waals surface area contributed by atoms with E-state index in [0.29, 0.717) is 4.90 Å². The number of carbonyl (C=O) groups excluding carboxylic acids is 3. The van der Waals surface area contributed by atoms with Crippen LogP contribution in [0.2, 0.25) is 0 Å². The highest BCUT2D eigenvalue weighted by Gasteiger charge is 2.74. The number of benzene rings is 1. The average Bonchev–Trinajstić information content (AvgIpc) is 3.23. The van der Waals surface area contributed by atoms with E-state index in [2.05, 4.69) is 10.1 Å². The molecule has 1 aromatic rings. The van der Waals surface area contributed by atoms with Crippen LogP contribution in [0.4, 0.5) is 4.39 Å². The molecule has 20 nitrogen and oxygen atoms in total. The van der Waals surface area contributed by atoms with Crippen LogP contribution in [0.25, 0.3) is 0 Å². The zero-order valence-corrected chi connectivity index (χ0v) is 24.0. The lowest BCUT2D eigenvalue weighted by Crippen LogP contribution is -2.83. The number of piperidine rings is 1. The number of nitrogens with one attached hydrogen (secondary N) is 2. The van der Waals surface area contributed by atoms with Crippen molar-refractivity contribution in [1.29, 1.82) is 0 Å². The number of morpholine rings is 1.